The first-order valence-electron chi connectivity index (χ1n) is 4.32. The number of carbonyl (C=O) groups is 2. The van der Waals surface area contributed by atoms with E-state index in [9.17, 15) is 14.5 Å². The highest BCUT2D eigenvalue weighted by molar-refractivity contribution is 6.18. The fourth-order valence-corrected chi connectivity index (χ4v) is 1.02. The number of hydrogen-bond acceptors (Lipinski definition) is 5. The van der Waals surface area contributed by atoms with Crippen LogP contribution in [0.3, 0.4) is 0 Å². The van der Waals surface area contributed by atoms with Gasteiger partial charge in [-0.3, -0.25) is 0 Å². The molecule has 3 N–H and O–H groups in total. The molecule has 8 nitrogen and oxygen atoms in total. The predicted octanol–water partition coefficient (Wildman–Crippen LogP) is -0.248. The van der Waals surface area contributed by atoms with Crippen molar-refractivity contribution in [2.45, 2.75) is 19.1 Å². The second-order valence-electron chi connectivity index (χ2n) is 2.90. The van der Waals surface area contributed by atoms with E-state index in [4.69, 9.17) is 21.8 Å². The normalized spacial score (nSPS) is 13.7. The molecule has 0 radical (unpaired) electrons. The molecule has 0 rings (SSSR count). The van der Waals surface area contributed by atoms with Crippen molar-refractivity contribution in [3.63, 3.8) is 0 Å². The number of nitrogens with zero attached hydrogens (tertiary/aromatic N) is 2. The number of aliphatic hydroxyl groups excluding tert-OH is 1. The van der Waals surface area contributed by atoms with E-state index in [1.165, 1.54) is 6.92 Å². The summed E-state index contributed by atoms with van der Waals surface area (Å²) < 4.78 is 0. The van der Waals surface area contributed by atoms with E-state index in [-0.39, 0.29) is 12.4 Å². The van der Waals surface area contributed by atoms with Crippen LogP contribution in [0.15, 0.2) is 5.29 Å². The van der Waals surface area contributed by atoms with E-state index < -0.39 is 24.1 Å². The third kappa shape index (κ3) is 4.41. The van der Waals surface area contributed by atoms with Gasteiger partial charge in [-0.1, -0.05) is 0 Å². The Morgan fingerprint density at radius 1 is 1.56 bits per heavy atom. The van der Waals surface area contributed by atoms with Crippen molar-refractivity contribution in [1.29, 1.82) is 0 Å². The molecule has 0 fully saturated rings. The number of amides is 2. The molecule has 0 saturated carbocycles. The third-order valence-corrected chi connectivity index (χ3v) is 1.83. The minimum Gasteiger partial charge on any atom is -0.480 e. The first-order valence-corrected chi connectivity index (χ1v) is 4.85. The van der Waals surface area contributed by atoms with Gasteiger partial charge < -0.3 is 15.5 Å². The SMILES string of the molecule is CC(O)[C@H](NC(=O)N(CCCl)N=O)C(=O)O. The molecule has 2 atom stereocenters. The number of hydrogen-bond donors (Lipinski definition) is 3. The van der Waals surface area contributed by atoms with Gasteiger partial charge in [-0.15, -0.1) is 16.5 Å². The van der Waals surface area contributed by atoms with Crippen molar-refractivity contribution in [1.82, 2.24) is 10.3 Å². The van der Waals surface area contributed by atoms with Crippen LogP contribution in [0.5, 0.6) is 0 Å². The molecule has 9 heteroatoms. The molecule has 0 aliphatic carbocycles. The van der Waals surface area contributed by atoms with Gasteiger partial charge in [0.1, 0.15) is 0 Å². The zero-order chi connectivity index (χ0) is 12.7. The first kappa shape index (κ1) is 14.6. The number of nitrogens with one attached hydrogen (secondary N) is 1. The van der Waals surface area contributed by atoms with Crippen molar-refractivity contribution in [3.05, 3.63) is 4.91 Å². The molecule has 0 aliphatic rings. The van der Waals surface area contributed by atoms with Crippen molar-refractivity contribution >= 4 is 23.6 Å². The summed E-state index contributed by atoms with van der Waals surface area (Å²) in [5.74, 6) is -1.44. The predicted molar refractivity (Wildman–Crippen MR) is 54.9 cm³/mol. The summed E-state index contributed by atoms with van der Waals surface area (Å²) in [5, 5.41) is 22.5. The Kier molecular flexibility index (Phi) is 6.35. The summed E-state index contributed by atoms with van der Waals surface area (Å²) in [6, 6.07) is -2.53. The smallest absolute Gasteiger partial charge is 0.341 e. The summed E-state index contributed by atoms with van der Waals surface area (Å²) in [4.78, 5) is 32.1. The lowest BCUT2D eigenvalue weighted by Crippen LogP contribution is -2.51. The molecule has 2 amide bonds. The molecule has 0 spiro atoms. The van der Waals surface area contributed by atoms with E-state index in [1.807, 2.05) is 5.32 Å². The largest absolute Gasteiger partial charge is 0.480 e. The van der Waals surface area contributed by atoms with Gasteiger partial charge in [-0.05, 0) is 6.92 Å². The average Bonchev–Trinajstić information content (AvgIpc) is 2.21. The topological polar surface area (TPSA) is 119 Å². The number of alkyl halides is 1. The van der Waals surface area contributed by atoms with Crippen LogP contribution in [-0.2, 0) is 4.79 Å². The first-order chi connectivity index (χ1) is 7.43. The van der Waals surface area contributed by atoms with E-state index in [2.05, 4.69) is 5.29 Å². The van der Waals surface area contributed by atoms with Crippen LogP contribution >= 0.6 is 11.6 Å². The third-order valence-electron chi connectivity index (χ3n) is 1.66. The number of urea groups is 1. The van der Waals surface area contributed by atoms with E-state index in [1.54, 1.807) is 0 Å². The molecule has 0 aliphatic heterocycles. The number of carboxylic acid groups (broad SMARTS) is 1. The Bertz CT molecular complexity index is 273. The summed E-state index contributed by atoms with van der Waals surface area (Å²) in [5.41, 5.74) is 0. The number of nitroso groups, excluding NO2 is 1. The molecule has 0 saturated heterocycles. The molecule has 0 bridgehead atoms. The minimum atomic E-state index is -1.51. The van der Waals surface area contributed by atoms with Gasteiger partial charge >= 0.3 is 12.0 Å². The van der Waals surface area contributed by atoms with Gasteiger partial charge in [-0.25, -0.2) is 9.59 Å². The lowest BCUT2D eigenvalue weighted by atomic mass is 10.2. The molecule has 92 valence electrons. The number of rotatable bonds is 6. The lowest BCUT2D eigenvalue weighted by molar-refractivity contribution is -0.141. The molecule has 0 aromatic rings. The number of carbonyl (C=O) groups excluding carboxylic acids is 1. The Morgan fingerprint density at radius 3 is 2.44 bits per heavy atom. The van der Waals surface area contributed by atoms with Gasteiger partial charge in [0.2, 0.25) is 0 Å². The van der Waals surface area contributed by atoms with Gasteiger partial charge in [0.25, 0.3) is 0 Å². The molecule has 0 heterocycles. The highest BCUT2D eigenvalue weighted by Gasteiger charge is 2.27. The van der Waals surface area contributed by atoms with Crippen molar-refractivity contribution in [2.24, 2.45) is 5.29 Å². The molecule has 0 aromatic carbocycles. The van der Waals surface area contributed by atoms with E-state index >= 15 is 0 Å². The summed E-state index contributed by atoms with van der Waals surface area (Å²) >= 11 is 5.29. The van der Waals surface area contributed by atoms with Crippen LogP contribution < -0.4 is 5.32 Å². The maximum atomic E-state index is 11.3. The van der Waals surface area contributed by atoms with Gasteiger partial charge in [-0.2, -0.15) is 5.01 Å². The van der Waals surface area contributed by atoms with Gasteiger partial charge in [0.05, 0.1) is 17.9 Å². The number of halogens is 1. The van der Waals surface area contributed by atoms with Crippen molar-refractivity contribution < 1.29 is 19.8 Å². The monoisotopic (exact) mass is 253 g/mol. The summed E-state index contributed by atoms with van der Waals surface area (Å²) in [6.07, 6.45) is -1.30. The fraction of sp³-hybridized carbons (Fsp3) is 0.714. The minimum absolute atomic E-state index is 0.0222. The van der Waals surface area contributed by atoms with E-state index in [0.29, 0.717) is 5.01 Å². The molecular weight excluding hydrogens is 242 g/mol. The van der Waals surface area contributed by atoms with Crippen LogP contribution in [0.1, 0.15) is 6.92 Å². The lowest BCUT2D eigenvalue weighted by Gasteiger charge is -2.19. The van der Waals surface area contributed by atoms with Gasteiger partial charge in [0, 0.05) is 5.88 Å². The zero-order valence-electron chi connectivity index (χ0n) is 8.46. The van der Waals surface area contributed by atoms with E-state index in [0.717, 1.165) is 0 Å². The average molecular weight is 254 g/mol. The molecule has 1 unspecified atom stereocenters. The van der Waals surface area contributed by atoms with Crippen LogP contribution in [-0.4, -0.2) is 51.8 Å². The summed E-state index contributed by atoms with van der Waals surface area (Å²) in [6.45, 7) is 1.04. The van der Waals surface area contributed by atoms with Crippen LogP contribution in [0, 0.1) is 4.91 Å². The maximum Gasteiger partial charge on any atom is 0.341 e. The maximum absolute atomic E-state index is 11.3. The molecular formula is C7H12ClN3O5. The van der Waals surface area contributed by atoms with Crippen LogP contribution in [0.25, 0.3) is 0 Å². The molecule has 0 aromatic heterocycles. The highest BCUT2D eigenvalue weighted by atomic mass is 35.5. The highest BCUT2D eigenvalue weighted by Crippen LogP contribution is 1.97. The Balaban J connectivity index is 4.49. The Hall–Kier alpha value is -1.41. The van der Waals surface area contributed by atoms with Crippen LogP contribution in [0.2, 0.25) is 0 Å². The van der Waals surface area contributed by atoms with Gasteiger partial charge in [0.15, 0.2) is 6.04 Å². The number of aliphatic carboxylic acids is 1. The number of carboxylic acids is 1. The quantitative estimate of drug-likeness (QED) is 0.343. The zero-order valence-corrected chi connectivity index (χ0v) is 9.22. The van der Waals surface area contributed by atoms with Crippen molar-refractivity contribution in [2.75, 3.05) is 12.4 Å². The van der Waals surface area contributed by atoms with Crippen molar-refractivity contribution in [3.8, 4) is 0 Å². The number of aliphatic hydroxyl groups is 1. The Labute approximate surface area is 96.1 Å². The second kappa shape index (κ2) is 6.96. The molecule has 16 heavy (non-hydrogen) atoms. The fourth-order valence-electron chi connectivity index (χ4n) is 0.856. The second-order valence-corrected chi connectivity index (χ2v) is 3.28. The Morgan fingerprint density at radius 2 is 2.12 bits per heavy atom. The van der Waals surface area contributed by atoms with Crippen LogP contribution in [0.4, 0.5) is 4.79 Å². The summed E-state index contributed by atoms with van der Waals surface area (Å²) in [7, 11) is 0. The standard InChI is InChI=1S/C7H12ClN3O5/c1-4(12)5(6(13)14)9-7(15)11(10-16)3-2-8/h4-5,12H,2-3H2,1H3,(H,9,15)(H,13,14)/t4?,5-/m0/s1.